The molecule has 1 atom stereocenters. The molecule has 8 heteroatoms. The molecule has 0 radical (unpaired) electrons. The van der Waals surface area contributed by atoms with Crippen molar-refractivity contribution in [2.75, 3.05) is 36.0 Å². The first-order valence-corrected chi connectivity index (χ1v) is 11.3. The normalized spacial score (nSPS) is 15.2. The molecular weight excluding hydrogens is 458 g/mol. The average Bonchev–Trinajstić information content (AvgIpc) is 3.16. The van der Waals surface area contributed by atoms with Gasteiger partial charge in [-0.1, -0.05) is 22.9 Å². The Hall–Kier alpha value is -2.87. The molecule has 1 aromatic heterocycles. The average molecular weight is 484 g/mol. The number of halogens is 1. The third kappa shape index (κ3) is 4.44. The zero-order valence-corrected chi connectivity index (χ0v) is 19.3. The van der Waals surface area contributed by atoms with Gasteiger partial charge in [-0.15, -0.1) is 0 Å². The van der Waals surface area contributed by atoms with Crippen LogP contribution < -0.4 is 15.5 Å². The number of benzene rings is 2. The fourth-order valence-corrected chi connectivity index (χ4v) is 4.30. The molecule has 1 aliphatic rings. The van der Waals surface area contributed by atoms with Gasteiger partial charge in [-0.05, 0) is 61.9 Å². The van der Waals surface area contributed by atoms with E-state index in [4.69, 9.17) is 0 Å². The minimum Gasteiger partial charge on any atom is -0.368 e. The lowest BCUT2D eigenvalue weighted by Crippen LogP contribution is -2.46. The lowest BCUT2D eigenvalue weighted by atomic mass is 10.1. The SMILES string of the molecule is CCC(C(C)=O)n1ncn(-c2ccc(N3CCN(c4ccc(Br)cc4)CC3)cc2)c1=O. The first kappa shape index (κ1) is 21.4. The predicted octanol–water partition coefficient (Wildman–Crippen LogP) is 3.66. The van der Waals surface area contributed by atoms with Crippen LogP contribution in [0.3, 0.4) is 0 Å². The van der Waals surface area contributed by atoms with Gasteiger partial charge >= 0.3 is 5.69 Å². The topological polar surface area (TPSA) is 63.4 Å². The van der Waals surface area contributed by atoms with Gasteiger partial charge in [-0.2, -0.15) is 5.10 Å². The standard InChI is InChI=1S/C23H26BrN5O2/c1-3-22(17(2)30)29-23(31)28(16-25-29)21-10-8-20(9-11-21)27-14-12-26(13-15-27)19-6-4-18(24)5-7-19/h4-11,16,22H,3,12-15H2,1-2H3. The Morgan fingerprint density at radius 2 is 1.42 bits per heavy atom. The molecule has 1 aliphatic heterocycles. The van der Waals surface area contributed by atoms with Crippen LogP contribution in [-0.4, -0.2) is 46.3 Å². The fourth-order valence-electron chi connectivity index (χ4n) is 4.04. The summed E-state index contributed by atoms with van der Waals surface area (Å²) in [7, 11) is 0. The molecule has 0 amide bonds. The number of rotatable bonds is 6. The second-order valence-electron chi connectivity index (χ2n) is 7.73. The highest BCUT2D eigenvalue weighted by Gasteiger charge is 2.20. The number of carbonyl (C=O) groups is 1. The van der Waals surface area contributed by atoms with Gasteiger partial charge in [0.25, 0.3) is 0 Å². The van der Waals surface area contributed by atoms with Gasteiger partial charge in [0.2, 0.25) is 0 Å². The van der Waals surface area contributed by atoms with E-state index < -0.39 is 6.04 Å². The van der Waals surface area contributed by atoms with E-state index >= 15 is 0 Å². The summed E-state index contributed by atoms with van der Waals surface area (Å²) < 4.78 is 3.85. The third-order valence-corrected chi connectivity index (χ3v) is 6.34. The molecule has 0 N–H and O–H groups in total. The molecule has 2 aromatic carbocycles. The highest BCUT2D eigenvalue weighted by Crippen LogP contribution is 2.23. The Kier molecular flexibility index (Phi) is 6.27. The first-order valence-electron chi connectivity index (χ1n) is 10.5. The van der Waals surface area contributed by atoms with Gasteiger partial charge in [-0.3, -0.25) is 4.79 Å². The number of nitrogens with zero attached hydrogens (tertiary/aromatic N) is 5. The summed E-state index contributed by atoms with van der Waals surface area (Å²) in [6, 6.07) is 15.8. The van der Waals surface area contributed by atoms with Crippen molar-refractivity contribution in [1.82, 2.24) is 14.3 Å². The van der Waals surface area contributed by atoms with Crippen LogP contribution in [0.4, 0.5) is 11.4 Å². The monoisotopic (exact) mass is 483 g/mol. The fraction of sp³-hybridized carbons (Fsp3) is 0.348. The maximum absolute atomic E-state index is 12.7. The number of carbonyl (C=O) groups excluding carboxylic acids is 1. The van der Waals surface area contributed by atoms with Crippen LogP contribution in [0.2, 0.25) is 0 Å². The van der Waals surface area contributed by atoms with Crippen molar-refractivity contribution in [3.05, 3.63) is 69.8 Å². The van der Waals surface area contributed by atoms with E-state index in [2.05, 4.69) is 55.1 Å². The minimum absolute atomic E-state index is 0.0625. The van der Waals surface area contributed by atoms with E-state index in [1.165, 1.54) is 28.2 Å². The first-order chi connectivity index (χ1) is 15.0. The van der Waals surface area contributed by atoms with E-state index in [0.29, 0.717) is 6.42 Å². The van der Waals surface area contributed by atoms with Gasteiger partial charge < -0.3 is 9.80 Å². The van der Waals surface area contributed by atoms with E-state index in [9.17, 15) is 9.59 Å². The van der Waals surface area contributed by atoms with Gasteiger partial charge in [0.1, 0.15) is 12.4 Å². The van der Waals surface area contributed by atoms with Gasteiger partial charge in [0.05, 0.1) is 5.69 Å². The Labute approximate surface area is 190 Å². The Bertz CT molecular complexity index is 1100. The molecule has 0 saturated carbocycles. The number of Topliss-reactive ketones (excluding diaryl/α,β-unsaturated/α-hetero) is 1. The van der Waals surface area contributed by atoms with Crippen LogP contribution >= 0.6 is 15.9 Å². The molecule has 1 fully saturated rings. The van der Waals surface area contributed by atoms with Gasteiger partial charge in [0.15, 0.2) is 5.78 Å². The van der Waals surface area contributed by atoms with Crippen molar-refractivity contribution in [3.63, 3.8) is 0 Å². The second kappa shape index (κ2) is 9.09. The molecule has 162 valence electrons. The number of hydrogen-bond acceptors (Lipinski definition) is 5. The van der Waals surface area contributed by atoms with Crippen molar-refractivity contribution in [1.29, 1.82) is 0 Å². The largest absolute Gasteiger partial charge is 0.368 e. The van der Waals surface area contributed by atoms with Crippen LogP contribution in [0.15, 0.2) is 64.1 Å². The molecule has 1 unspecified atom stereocenters. The highest BCUT2D eigenvalue weighted by molar-refractivity contribution is 9.10. The minimum atomic E-state index is -0.518. The lowest BCUT2D eigenvalue weighted by Gasteiger charge is -2.37. The van der Waals surface area contributed by atoms with E-state index in [-0.39, 0.29) is 11.5 Å². The van der Waals surface area contributed by atoms with E-state index in [1.54, 1.807) is 0 Å². The van der Waals surface area contributed by atoms with Crippen molar-refractivity contribution >= 4 is 33.1 Å². The van der Waals surface area contributed by atoms with Crippen LogP contribution in [0.5, 0.6) is 0 Å². The summed E-state index contributed by atoms with van der Waals surface area (Å²) >= 11 is 3.49. The maximum Gasteiger partial charge on any atom is 0.351 e. The molecule has 31 heavy (non-hydrogen) atoms. The summed E-state index contributed by atoms with van der Waals surface area (Å²) in [5, 5.41) is 4.17. The van der Waals surface area contributed by atoms with Crippen molar-refractivity contribution in [2.24, 2.45) is 0 Å². The Balaban J connectivity index is 1.45. The van der Waals surface area contributed by atoms with Crippen molar-refractivity contribution in [2.45, 2.75) is 26.3 Å². The molecule has 4 rings (SSSR count). The van der Waals surface area contributed by atoms with E-state index in [1.807, 2.05) is 31.2 Å². The molecule has 7 nitrogen and oxygen atoms in total. The predicted molar refractivity (Wildman–Crippen MR) is 126 cm³/mol. The number of piperazine rings is 1. The number of aromatic nitrogens is 3. The summed E-state index contributed by atoms with van der Waals surface area (Å²) in [6.45, 7) is 7.15. The lowest BCUT2D eigenvalue weighted by molar-refractivity contribution is -0.120. The third-order valence-electron chi connectivity index (χ3n) is 5.81. The molecular formula is C23H26BrN5O2. The van der Waals surface area contributed by atoms with Gasteiger partial charge in [0, 0.05) is 42.0 Å². The number of ketones is 1. The maximum atomic E-state index is 12.7. The van der Waals surface area contributed by atoms with Crippen LogP contribution in [0, 0.1) is 0 Å². The molecule has 1 saturated heterocycles. The van der Waals surface area contributed by atoms with Crippen LogP contribution in [0.25, 0.3) is 5.69 Å². The number of anilines is 2. The molecule has 0 spiro atoms. The smallest absolute Gasteiger partial charge is 0.351 e. The molecule has 3 aromatic rings. The zero-order valence-electron chi connectivity index (χ0n) is 17.7. The molecule has 2 heterocycles. The molecule has 0 aliphatic carbocycles. The van der Waals surface area contributed by atoms with E-state index in [0.717, 1.165) is 42.0 Å². The quantitative estimate of drug-likeness (QED) is 0.535. The molecule has 0 bridgehead atoms. The summed E-state index contributed by atoms with van der Waals surface area (Å²) in [5.74, 6) is -0.0625. The Morgan fingerprint density at radius 3 is 1.90 bits per heavy atom. The van der Waals surface area contributed by atoms with Crippen molar-refractivity contribution < 1.29 is 4.79 Å². The highest BCUT2D eigenvalue weighted by atomic mass is 79.9. The number of hydrogen-bond donors (Lipinski definition) is 0. The second-order valence-corrected chi connectivity index (χ2v) is 8.65. The zero-order chi connectivity index (χ0) is 22.0. The Morgan fingerprint density at radius 1 is 0.935 bits per heavy atom. The van der Waals surface area contributed by atoms with Crippen LogP contribution in [-0.2, 0) is 4.79 Å². The summed E-state index contributed by atoms with van der Waals surface area (Å²) in [5.41, 5.74) is 2.82. The summed E-state index contributed by atoms with van der Waals surface area (Å²) in [4.78, 5) is 29.3. The summed E-state index contributed by atoms with van der Waals surface area (Å²) in [6.07, 6.45) is 2.03. The van der Waals surface area contributed by atoms with Gasteiger partial charge in [-0.25, -0.2) is 14.0 Å². The van der Waals surface area contributed by atoms with Crippen LogP contribution in [0.1, 0.15) is 26.3 Å². The van der Waals surface area contributed by atoms with Crippen molar-refractivity contribution in [3.8, 4) is 5.69 Å².